The number of nitrogens with two attached hydrogens (primary N) is 1. The van der Waals surface area contributed by atoms with E-state index in [9.17, 15) is 4.39 Å². The summed E-state index contributed by atoms with van der Waals surface area (Å²) in [5, 5.41) is 0.783. The molecule has 0 amide bonds. The normalized spacial score (nSPS) is 18.8. The lowest BCUT2D eigenvalue weighted by Gasteiger charge is -2.22. The van der Waals surface area contributed by atoms with Gasteiger partial charge >= 0.3 is 0 Å². The molecule has 1 fully saturated rings. The smallest absolute Gasteiger partial charge is 0.126 e. The highest BCUT2D eigenvalue weighted by Gasteiger charge is 2.15. The summed E-state index contributed by atoms with van der Waals surface area (Å²) in [4.78, 5) is 0. The predicted molar refractivity (Wildman–Crippen MR) is 77.4 cm³/mol. The summed E-state index contributed by atoms with van der Waals surface area (Å²) in [7, 11) is 0. The maximum absolute atomic E-state index is 13.5. The van der Waals surface area contributed by atoms with Crippen molar-refractivity contribution in [2.45, 2.75) is 49.8 Å². The lowest BCUT2D eigenvalue weighted by Crippen LogP contribution is -2.27. The van der Waals surface area contributed by atoms with Crippen LogP contribution in [0.1, 0.15) is 37.7 Å². The Balaban J connectivity index is 1.74. The van der Waals surface area contributed by atoms with Crippen LogP contribution in [0.5, 0.6) is 0 Å². The Bertz CT molecular complexity index is 363. The minimum Gasteiger partial charge on any atom is -0.327 e. The van der Waals surface area contributed by atoms with Crippen LogP contribution in [0.3, 0.4) is 0 Å². The fourth-order valence-corrected chi connectivity index (χ4v) is 3.80. The highest BCUT2D eigenvalue weighted by molar-refractivity contribution is 7.99. The molecule has 1 aromatic rings. The van der Waals surface area contributed by atoms with E-state index in [4.69, 9.17) is 5.73 Å². The van der Waals surface area contributed by atoms with E-state index in [0.29, 0.717) is 6.42 Å². The van der Waals surface area contributed by atoms with E-state index in [0.717, 1.165) is 16.6 Å². The molecule has 1 saturated carbocycles. The number of thioether (sulfide) groups is 1. The van der Waals surface area contributed by atoms with Crippen molar-refractivity contribution in [2.24, 2.45) is 5.73 Å². The van der Waals surface area contributed by atoms with Gasteiger partial charge in [-0.2, -0.15) is 11.8 Å². The maximum atomic E-state index is 13.5. The van der Waals surface area contributed by atoms with Crippen molar-refractivity contribution in [1.29, 1.82) is 0 Å². The summed E-state index contributed by atoms with van der Waals surface area (Å²) in [5.74, 6) is 0.814. The zero-order valence-electron chi connectivity index (χ0n) is 10.8. The van der Waals surface area contributed by atoms with Crippen LogP contribution in [-0.4, -0.2) is 17.0 Å². The van der Waals surface area contributed by atoms with Gasteiger partial charge in [-0.25, -0.2) is 4.39 Å². The van der Waals surface area contributed by atoms with E-state index in [2.05, 4.69) is 0 Å². The lowest BCUT2D eigenvalue weighted by molar-refractivity contribution is 0.515. The van der Waals surface area contributed by atoms with Gasteiger partial charge in [-0.15, -0.1) is 0 Å². The van der Waals surface area contributed by atoms with E-state index in [1.807, 2.05) is 23.9 Å². The number of benzene rings is 1. The van der Waals surface area contributed by atoms with Gasteiger partial charge in [0.2, 0.25) is 0 Å². The van der Waals surface area contributed by atoms with Gasteiger partial charge in [-0.05, 0) is 30.9 Å². The Morgan fingerprint density at radius 1 is 1.22 bits per heavy atom. The summed E-state index contributed by atoms with van der Waals surface area (Å²) in [6.07, 6.45) is 7.42. The molecule has 18 heavy (non-hydrogen) atoms. The zero-order valence-corrected chi connectivity index (χ0v) is 11.6. The molecular weight excluding hydrogens is 245 g/mol. The van der Waals surface area contributed by atoms with Gasteiger partial charge in [0.15, 0.2) is 0 Å². The Labute approximate surface area is 113 Å². The Hall–Kier alpha value is -0.540. The molecule has 1 aliphatic rings. The molecule has 2 rings (SSSR count). The quantitative estimate of drug-likeness (QED) is 0.879. The van der Waals surface area contributed by atoms with Crippen LogP contribution in [0.4, 0.5) is 4.39 Å². The van der Waals surface area contributed by atoms with Crippen molar-refractivity contribution in [3.05, 3.63) is 35.6 Å². The molecule has 0 radical (unpaired) electrons. The monoisotopic (exact) mass is 267 g/mol. The molecule has 0 bridgehead atoms. The fraction of sp³-hybridized carbons (Fsp3) is 0.600. The van der Waals surface area contributed by atoms with Gasteiger partial charge in [0, 0.05) is 17.0 Å². The molecule has 0 heterocycles. The molecule has 1 aliphatic carbocycles. The van der Waals surface area contributed by atoms with Crippen LogP contribution >= 0.6 is 11.8 Å². The van der Waals surface area contributed by atoms with Gasteiger partial charge in [0.1, 0.15) is 5.82 Å². The molecule has 1 atom stereocenters. The van der Waals surface area contributed by atoms with E-state index < -0.39 is 0 Å². The minimum absolute atomic E-state index is 0.0637. The third-order valence-corrected chi connectivity index (χ3v) is 5.10. The third kappa shape index (κ3) is 4.29. The zero-order chi connectivity index (χ0) is 12.8. The molecule has 0 aliphatic heterocycles. The number of hydrogen-bond donors (Lipinski definition) is 1. The Morgan fingerprint density at radius 3 is 2.67 bits per heavy atom. The second kappa shape index (κ2) is 7.15. The summed E-state index contributed by atoms with van der Waals surface area (Å²) in [6, 6.07) is 7.01. The average molecular weight is 267 g/mol. The number of hydrogen-bond acceptors (Lipinski definition) is 2. The first-order valence-electron chi connectivity index (χ1n) is 6.86. The molecule has 100 valence electrons. The fourth-order valence-electron chi connectivity index (χ4n) is 2.50. The van der Waals surface area contributed by atoms with Gasteiger partial charge in [0.25, 0.3) is 0 Å². The van der Waals surface area contributed by atoms with Crippen LogP contribution in [0.25, 0.3) is 0 Å². The van der Waals surface area contributed by atoms with Crippen LogP contribution < -0.4 is 5.73 Å². The van der Waals surface area contributed by atoms with Gasteiger partial charge in [-0.3, -0.25) is 0 Å². The Kier molecular flexibility index (Phi) is 5.51. The summed E-state index contributed by atoms with van der Waals surface area (Å²) in [6.45, 7) is 0. The highest BCUT2D eigenvalue weighted by Crippen LogP contribution is 2.28. The average Bonchev–Trinajstić information content (AvgIpc) is 2.40. The topological polar surface area (TPSA) is 26.0 Å². The first-order valence-corrected chi connectivity index (χ1v) is 7.91. The van der Waals surface area contributed by atoms with Crippen LogP contribution in [0.15, 0.2) is 24.3 Å². The molecule has 1 aromatic carbocycles. The molecule has 1 unspecified atom stereocenters. The molecule has 0 aromatic heterocycles. The minimum atomic E-state index is -0.129. The van der Waals surface area contributed by atoms with E-state index in [-0.39, 0.29) is 11.9 Å². The molecule has 1 nitrogen and oxygen atoms in total. The van der Waals surface area contributed by atoms with Crippen molar-refractivity contribution in [1.82, 2.24) is 0 Å². The van der Waals surface area contributed by atoms with Crippen LogP contribution in [-0.2, 0) is 6.42 Å². The third-order valence-electron chi connectivity index (χ3n) is 3.54. The van der Waals surface area contributed by atoms with E-state index in [1.54, 1.807) is 6.07 Å². The number of halogens is 1. The van der Waals surface area contributed by atoms with Crippen molar-refractivity contribution >= 4 is 11.8 Å². The van der Waals surface area contributed by atoms with Gasteiger partial charge in [0.05, 0.1) is 0 Å². The lowest BCUT2D eigenvalue weighted by atomic mass is 10.0. The van der Waals surface area contributed by atoms with E-state index >= 15 is 0 Å². The van der Waals surface area contributed by atoms with Crippen molar-refractivity contribution in [3.8, 4) is 0 Å². The molecular formula is C15H22FNS. The first kappa shape index (κ1) is 13.9. The van der Waals surface area contributed by atoms with Crippen molar-refractivity contribution in [2.75, 3.05) is 5.75 Å². The highest BCUT2D eigenvalue weighted by atomic mass is 32.2. The van der Waals surface area contributed by atoms with Crippen molar-refractivity contribution < 1.29 is 4.39 Å². The largest absolute Gasteiger partial charge is 0.327 e. The van der Waals surface area contributed by atoms with Gasteiger partial charge in [-0.1, -0.05) is 37.5 Å². The summed E-state index contributed by atoms with van der Waals surface area (Å²) < 4.78 is 13.5. The predicted octanol–water partition coefficient (Wildman–Crippen LogP) is 3.76. The number of rotatable bonds is 5. The second-order valence-electron chi connectivity index (χ2n) is 5.15. The first-order chi connectivity index (χ1) is 8.75. The molecule has 0 spiro atoms. The van der Waals surface area contributed by atoms with E-state index in [1.165, 1.54) is 38.2 Å². The van der Waals surface area contributed by atoms with Crippen LogP contribution in [0, 0.1) is 5.82 Å². The molecule has 2 N–H and O–H groups in total. The summed E-state index contributed by atoms with van der Waals surface area (Å²) >= 11 is 1.98. The Morgan fingerprint density at radius 2 is 1.94 bits per heavy atom. The van der Waals surface area contributed by atoms with Crippen molar-refractivity contribution in [3.63, 3.8) is 0 Å². The molecule has 3 heteroatoms. The molecule has 0 saturated heterocycles. The second-order valence-corrected chi connectivity index (χ2v) is 6.48. The van der Waals surface area contributed by atoms with Crippen LogP contribution in [0.2, 0.25) is 0 Å². The maximum Gasteiger partial charge on any atom is 0.126 e. The summed E-state index contributed by atoms with van der Waals surface area (Å²) in [5.41, 5.74) is 6.85. The SMILES string of the molecule is NC(CSC1CCCCC1)Cc1ccccc1F. The van der Waals surface area contributed by atoms with Gasteiger partial charge < -0.3 is 5.73 Å². The standard InChI is InChI=1S/C15H22FNS/c16-15-9-5-4-6-12(15)10-13(17)11-18-14-7-2-1-3-8-14/h4-6,9,13-14H,1-3,7-8,10-11,17H2.